The van der Waals surface area contributed by atoms with Crippen molar-refractivity contribution in [1.29, 1.82) is 0 Å². The number of carbonyl (C=O) groups excluding carboxylic acids is 4. The van der Waals surface area contributed by atoms with Crippen LogP contribution in [0.1, 0.15) is 98.5 Å². The van der Waals surface area contributed by atoms with E-state index >= 15 is 0 Å². The van der Waals surface area contributed by atoms with Crippen molar-refractivity contribution in [2.24, 2.45) is 0 Å². The van der Waals surface area contributed by atoms with Crippen molar-refractivity contribution >= 4 is 23.4 Å². The summed E-state index contributed by atoms with van der Waals surface area (Å²) in [6.45, 7) is 4.68. The Bertz CT molecular complexity index is 1540. The first-order chi connectivity index (χ1) is 20.9. The Morgan fingerprint density at radius 1 is 0.884 bits per heavy atom. The van der Waals surface area contributed by atoms with Gasteiger partial charge in [-0.3, -0.25) is 24.1 Å². The van der Waals surface area contributed by atoms with E-state index in [4.69, 9.17) is 14.2 Å². The van der Waals surface area contributed by atoms with Gasteiger partial charge in [-0.25, -0.2) is 0 Å². The Labute approximate surface area is 250 Å². The van der Waals surface area contributed by atoms with E-state index < -0.39 is 17.7 Å². The van der Waals surface area contributed by atoms with E-state index in [1.54, 1.807) is 30.3 Å². The highest BCUT2D eigenvalue weighted by Crippen LogP contribution is 2.48. The third-order valence-electron chi connectivity index (χ3n) is 8.92. The lowest BCUT2D eigenvalue weighted by Crippen LogP contribution is -2.49. The Hall–Kier alpha value is -4.14. The molecule has 8 nitrogen and oxygen atoms in total. The number of fused-ring (bicyclic) bond motifs is 2. The maximum atomic E-state index is 13.5. The molecule has 0 aliphatic carbocycles. The van der Waals surface area contributed by atoms with Gasteiger partial charge in [-0.1, -0.05) is 56.3 Å². The quantitative estimate of drug-likeness (QED) is 0.222. The van der Waals surface area contributed by atoms with E-state index in [0.717, 1.165) is 17.5 Å². The van der Waals surface area contributed by atoms with Crippen LogP contribution in [-0.2, 0) is 14.9 Å². The zero-order valence-corrected chi connectivity index (χ0v) is 24.5. The van der Waals surface area contributed by atoms with Gasteiger partial charge in [-0.2, -0.15) is 0 Å². The monoisotopic (exact) mass is 581 g/mol. The van der Waals surface area contributed by atoms with Crippen LogP contribution in [0.15, 0.2) is 66.7 Å². The molecule has 8 heteroatoms. The van der Waals surface area contributed by atoms with E-state index in [1.807, 2.05) is 31.2 Å². The number of Topliss-reactive ketones (excluding diaryl/α,β-unsaturated/α-hetero) is 2. The number of carbonyl (C=O) groups is 4. The SMILES string of the molecule is CCC(=O)c1cc(C(=O)CCCC2OCC(N3C(=O)c4ccccc4C3=O)CO2)cc2c1OC[C@@]2(CC)c1ccccc1. The van der Waals surface area contributed by atoms with Gasteiger partial charge >= 0.3 is 0 Å². The smallest absolute Gasteiger partial charge is 0.261 e. The van der Waals surface area contributed by atoms with Crippen molar-refractivity contribution in [1.82, 2.24) is 4.90 Å². The predicted molar refractivity (Wildman–Crippen MR) is 159 cm³/mol. The fraction of sp³-hybridized carbons (Fsp3) is 0.371. The Kier molecular flexibility index (Phi) is 7.99. The first-order valence-electron chi connectivity index (χ1n) is 15.0. The van der Waals surface area contributed by atoms with Crippen LogP contribution in [0.4, 0.5) is 0 Å². The molecule has 0 spiro atoms. The summed E-state index contributed by atoms with van der Waals surface area (Å²) in [5.74, 6) is -0.186. The minimum atomic E-state index is -0.532. The number of ether oxygens (including phenoxy) is 3. The molecule has 3 aliphatic rings. The van der Waals surface area contributed by atoms with Crippen molar-refractivity contribution in [2.75, 3.05) is 19.8 Å². The largest absolute Gasteiger partial charge is 0.491 e. The summed E-state index contributed by atoms with van der Waals surface area (Å²) < 4.78 is 17.9. The molecule has 3 aliphatic heterocycles. The zero-order chi connectivity index (χ0) is 30.1. The lowest BCUT2D eigenvalue weighted by Gasteiger charge is -2.33. The van der Waals surface area contributed by atoms with Gasteiger partial charge < -0.3 is 14.2 Å². The van der Waals surface area contributed by atoms with Gasteiger partial charge in [0.15, 0.2) is 17.9 Å². The summed E-state index contributed by atoms with van der Waals surface area (Å²) in [7, 11) is 0. The van der Waals surface area contributed by atoms with Crippen LogP contribution in [0.3, 0.4) is 0 Å². The van der Waals surface area contributed by atoms with E-state index in [2.05, 4.69) is 19.1 Å². The normalized spacial score (nSPS) is 22.7. The lowest BCUT2D eigenvalue weighted by atomic mass is 9.73. The van der Waals surface area contributed by atoms with Crippen molar-refractivity contribution < 1.29 is 33.4 Å². The molecule has 3 heterocycles. The maximum Gasteiger partial charge on any atom is 0.261 e. The molecule has 43 heavy (non-hydrogen) atoms. The van der Waals surface area contributed by atoms with E-state index in [0.29, 0.717) is 53.9 Å². The van der Waals surface area contributed by atoms with Crippen LogP contribution < -0.4 is 4.74 Å². The van der Waals surface area contributed by atoms with E-state index in [-0.39, 0.29) is 43.0 Å². The maximum absolute atomic E-state index is 13.5. The molecule has 0 N–H and O–H groups in total. The number of imide groups is 1. The highest BCUT2D eigenvalue weighted by molar-refractivity contribution is 6.21. The molecule has 0 saturated carbocycles. The molecule has 1 fully saturated rings. The number of rotatable bonds is 10. The summed E-state index contributed by atoms with van der Waals surface area (Å²) in [6.07, 6.45) is 1.81. The summed E-state index contributed by atoms with van der Waals surface area (Å²) in [5, 5.41) is 0. The average molecular weight is 582 g/mol. The van der Waals surface area contributed by atoms with Crippen molar-refractivity contribution in [3.05, 3.63) is 100 Å². The summed E-state index contributed by atoms with van der Waals surface area (Å²) in [6, 6.07) is 20.0. The molecular formula is C35H35NO7. The van der Waals surface area contributed by atoms with Crippen LogP contribution in [0.2, 0.25) is 0 Å². The second kappa shape index (κ2) is 11.9. The molecule has 2 amide bonds. The van der Waals surface area contributed by atoms with Crippen molar-refractivity contribution in [3.63, 3.8) is 0 Å². The van der Waals surface area contributed by atoms with Crippen LogP contribution >= 0.6 is 0 Å². The summed E-state index contributed by atoms with van der Waals surface area (Å²) in [4.78, 5) is 53.2. The minimum Gasteiger partial charge on any atom is -0.491 e. The van der Waals surface area contributed by atoms with Gasteiger partial charge in [-0.15, -0.1) is 0 Å². The van der Waals surface area contributed by atoms with Gasteiger partial charge in [0.05, 0.1) is 41.4 Å². The second-order valence-electron chi connectivity index (χ2n) is 11.4. The Balaban J connectivity index is 1.11. The molecule has 1 saturated heterocycles. The standard InChI is InChI=1S/C35H35NO7/c1-3-29(37)27-17-22(18-28-32(27)43-21-35(28,4-2)23-11-6-5-7-12-23)30(38)15-10-16-31-41-19-24(20-42-31)36-33(39)25-13-8-9-14-26(25)34(36)40/h5-9,11-14,17-18,24,31H,3-4,10,15-16,19-21H2,1-2H3/t24?,31?,35-/m0/s1. The highest BCUT2D eigenvalue weighted by atomic mass is 16.7. The Morgan fingerprint density at radius 3 is 2.16 bits per heavy atom. The lowest BCUT2D eigenvalue weighted by molar-refractivity contribution is -0.199. The number of hydrogen-bond donors (Lipinski definition) is 0. The first kappa shape index (κ1) is 29.0. The average Bonchev–Trinajstić information content (AvgIpc) is 3.56. The van der Waals surface area contributed by atoms with E-state index in [9.17, 15) is 19.2 Å². The van der Waals surface area contributed by atoms with E-state index in [1.165, 1.54) is 4.90 Å². The summed E-state index contributed by atoms with van der Waals surface area (Å²) in [5.41, 5.74) is 3.32. The topological polar surface area (TPSA) is 99.2 Å². The van der Waals surface area contributed by atoms with Crippen LogP contribution in [0, 0.1) is 0 Å². The molecule has 222 valence electrons. The third-order valence-corrected chi connectivity index (χ3v) is 8.92. The van der Waals surface area contributed by atoms with Gasteiger partial charge in [0, 0.05) is 24.0 Å². The fourth-order valence-corrected chi connectivity index (χ4v) is 6.43. The molecule has 0 aromatic heterocycles. The van der Waals surface area contributed by atoms with Crippen LogP contribution in [0.5, 0.6) is 5.75 Å². The number of nitrogens with zero attached hydrogens (tertiary/aromatic N) is 1. The number of hydrogen-bond acceptors (Lipinski definition) is 7. The number of amides is 2. The molecular weight excluding hydrogens is 546 g/mol. The molecule has 3 aromatic carbocycles. The van der Waals surface area contributed by atoms with Gasteiger partial charge in [0.2, 0.25) is 0 Å². The molecule has 3 aromatic rings. The van der Waals surface area contributed by atoms with Crippen LogP contribution in [0.25, 0.3) is 0 Å². The first-order valence-corrected chi connectivity index (χ1v) is 15.0. The van der Waals surface area contributed by atoms with Gasteiger partial charge in [-0.05, 0) is 49.1 Å². The van der Waals surface area contributed by atoms with Crippen LogP contribution in [-0.4, -0.2) is 60.4 Å². The predicted octanol–water partition coefficient (Wildman–Crippen LogP) is 5.76. The molecule has 0 unspecified atom stereocenters. The molecule has 6 rings (SSSR count). The minimum absolute atomic E-state index is 0.0533. The third kappa shape index (κ3) is 5.08. The molecule has 1 atom stereocenters. The number of ketones is 2. The molecule has 0 bridgehead atoms. The van der Waals surface area contributed by atoms with Gasteiger partial charge in [0.1, 0.15) is 12.4 Å². The zero-order valence-electron chi connectivity index (χ0n) is 24.5. The summed E-state index contributed by atoms with van der Waals surface area (Å²) >= 11 is 0. The Morgan fingerprint density at radius 2 is 1.53 bits per heavy atom. The highest BCUT2D eigenvalue weighted by Gasteiger charge is 2.44. The van der Waals surface area contributed by atoms with Gasteiger partial charge in [0.25, 0.3) is 11.8 Å². The van der Waals surface area contributed by atoms with Crippen molar-refractivity contribution in [3.8, 4) is 5.75 Å². The fourth-order valence-electron chi connectivity index (χ4n) is 6.43. The number of benzene rings is 3. The van der Waals surface area contributed by atoms with Crippen molar-refractivity contribution in [2.45, 2.75) is 63.7 Å². The molecule has 0 radical (unpaired) electrons. The second-order valence-corrected chi connectivity index (χ2v) is 11.4.